The van der Waals surface area contributed by atoms with E-state index in [1.54, 1.807) is 13.0 Å². The zero-order valence-electron chi connectivity index (χ0n) is 6.50. The predicted octanol–water partition coefficient (Wildman–Crippen LogP) is -0.0349. The van der Waals surface area contributed by atoms with Gasteiger partial charge in [0, 0.05) is 12.2 Å². The van der Waals surface area contributed by atoms with Crippen LogP contribution < -0.4 is 0 Å². The van der Waals surface area contributed by atoms with Gasteiger partial charge in [-0.1, -0.05) is 6.08 Å². The van der Waals surface area contributed by atoms with E-state index in [4.69, 9.17) is 10.2 Å². The maximum Gasteiger partial charge on any atom is 0.330 e. The Balaban J connectivity index is 0. The molecule has 0 aromatic carbocycles. The minimum atomic E-state index is -0.891. The maximum absolute atomic E-state index is 10.2. The number of rotatable bonds is 4. The minimum Gasteiger partial charge on any atom is -0.478 e. The molecular formula is C7H14O4. The summed E-state index contributed by atoms with van der Waals surface area (Å²) < 4.78 is 0. The number of carboxylic acid groups (broad SMARTS) is 1. The summed E-state index contributed by atoms with van der Waals surface area (Å²) in [5.41, 5.74) is 0.341. The molecule has 0 aliphatic rings. The van der Waals surface area contributed by atoms with Crippen LogP contribution in [0.5, 0.6) is 0 Å². The largest absolute Gasteiger partial charge is 0.478 e. The van der Waals surface area contributed by atoms with E-state index >= 15 is 0 Å². The van der Waals surface area contributed by atoms with Crippen LogP contribution in [0.2, 0.25) is 0 Å². The molecule has 4 nitrogen and oxygen atoms in total. The molecule has 11 heavy (non-hydrogen) atoms. The first-order chi connectivity index (χ1) is 4.68. The molecule has 4 heteroatoms. The van der Waals surface area contributed by atoms with E-state index in [2.05, 4.69) is 0 Å². The van der Waals surface area contributed by atoms with Crippen molar-refractivity contribution in [3.05, 3.63) is 11.6 Å². The van der Waals surface area contributed by atoms with E-state index < -0.39 is 5.97 Å². The first-order valence-corrected chi connectivity index (χ1v) is 3.19. The average Bonchev–Trinajstić information content (AvgIpc) is 1.88. The fourth-order valence-corrected chi connectivity index (χ4v) is 0.497. The smallest absolute Gasteiger partial charge is 0.330 e. The molecule has 0 amide bonds. The molecule has 0 heterocycles. The van der Waals surface area contributed by atoms with Crippen molar-refractivity contribution in [3.8, 4) is 0 Å². The van der Waals surface area contributed by atoms with Gasteiger partial charge in [0.1, 0.15) is 0 Å². The lowest BCUT2D eigenvalue weighted by molar-refractivity contribution is -0.132. The highest BCUT2D eigenvalue weighted by Crippen LogP contribution is 1.97. The van der Waals surface area contributed by atoms with Crippen LogP contribution in [-0.4, -0.2) is 28.3 Å². The van der Waals surface area contributed by atoms with Crippen LogP contribution in [0.4, 0.5) is 0 Å². The first-order valence-electron chi connectivity index (χ1n) is 3.19. The molecule has 0 saturated carbocycles. The zero-order chi connectivity index (χ0) is 7.98. The van der Waals surface area contributed by atoms with Gasteiger partial charge in [0.15, 0.2) is 0 Å². The standard InChI is InChI=1S/C7H12O3.H2O/c1-6(7(9)10)4-2-3-5-8;/h4,8H,2-3,5H2,1H3,(H,9,10);1H2. The quantitative estimate of drug-likeness (QED) is 0.449. The van der Waals surface area contributed by atoms with Gasteiger partial charge in [-0.05, 0) is 19.8 Å². The van der Waals surface area contributed by atoms with E-state index in [1.807, 2.05) is 0 Å². The number of aliphatic carboxylic acids is 1. The molecule has 0 bridgehead atoms. The monoisotopic (exact) mass is 162 g/mol. The predicted molar refractivity (Wildman–Crippen MR) is 41.3 cm³/mol. The van der Waals surface area contributed by atoms with Crippen LogP contribution in [-0.2, 0) is 4.79 Å². The van der Waals surface area contributed by atoms with Crippen LogP contribution in [0, 0.1) is 0 Å². The highest BCUT2D eigenvalue weighted by molar-refractivity contribution is 5.85. The van der Waals surface area contributed by atoms with Gasteiger partial charge in [0.25, 0.3) is 0 Å². The number of allylic oxidation sites excluding steroid dienone is 1. The molecule has 4 N–H and O–H groups in total. The van der Waals surface area contributed by atoms with Gasteiger partial charge < -0.3 is 15.7 Å². The number of hydrogen-bond donors (Lipinski definition) is 2. The van der Waals surface area contributed by atoms with Crippen LogP contribution in [0.15, 0.2) is 11.6 Å². The topological polar surface area (TPSA) is 89.0 Å². The van der Waals surface area contributed by atoms with Crippen LogP contribution in [0.1, 0.15) is 19.8 Å². The van der Waals surface area contributed by atoms with Gasteiger partial charge in [-0.3, -0.25) is 0 Å². The van der Waals surface area contributed by atoms with Crippen molar-refractivity contribution in [1.82, 2.24) is 0 Å². The fraction of sp³-hybridized carbons (Fsp3) is 0.571. The Hall–Kier alpha value is -0.870. The lowest BCUT2D eigenvalue weighted by atomic mass is 10.2. The Kier molecular flexibility index (Phi) is 8.41. The van der Waals surface area contributed by atoms with Gasteiger partial charge in [-0.2, -0.15) is 0 Å². The van der Waals surface area contributed by atoms with Crippen molar-refractivity contribution in [3.63, 3.8) is 0 Å². The summed E-state index contributed by atoms with van der Waals surface area (Å²) in [4.78, 5) is 10.2. The number of unbranched alkanes of at least 4 members (excludes halogenated alkanes) is 1. The van der Waals surface area contributed by atoms with Crippen LogP contribution >= 0.6 is 0 Å². The van der Waals surface area contributed by atoms with Crippen molar-refractivity contribution in [1.29, 1.82) is 0 Å². The molecule has 0 aliphatic carbocycles. The molecule has 0 fully saturated rings. The molecular weight excluding hydrogens is 148 g/mol. The maximum atomic E-state index is 10.2. The normalized spacial score (nSPS) is 10.5. The summed E-state index contributed by atoms with van der Waals surface area (Å²) in [6, 6.07) is 0. The van der Waals surface area contributed by atoms with Gasteiger partial charge in [-0.25, -0.2) is 4.79 Å². The zero-order valence-corrected chi connectivity index (χ0v) is 6.50. The average molecular weight is 162 g/mol. The van der Waals surface area contributed by atoms with Gasteiger partial charge in [0.05, 0.1) is 0 Å². The van der Waals surface area contributed by atoms with Crippen LogP contribution in [0.3, 0.4) is 0 Å². The summed E-state index contributed by atoms with van der Waals surface area (Å²) in [7, 11) is 0. The van der Waals surface area contributed by atoms with E-state index in [0.717, 1.165) is 0 Å². The number of aliphatic hydroxyl groups excluding tert-OH is 1. The van der Waals surface area contributed by atoms with Crippen molar-refractivity contribution < 1.29 is 20.5 Å². The van der Waals surface area contributed by atoms with E-state index in [0.29, 0.717) is 18.4 Å². The van der Waals surface area contributed by atoms with E-state index in [9.17, 15) is 4.79 Å². The number of hydrogen-bond acceptors (Lipinski definition) is 2. The third-order valence-electron chi connectivity index (χ3n) is 1.15. The Morgan fingerprint density at radius 3 is 2.45 bits per heavy atom. The second-order valence-corrected chi connectivity index (χ2v) is 2.06. The lowest BCUT2D eigenvalue weighted by Gasteiger charge is -1.91. The fourth-order valence-electron chi connectivity index (χ4n) is 0.497. The summed E-state index contributed by atoms with van der Waals surface area (Å²) in [6.45, 7) is 1.66. The Morgan fingerprint density at radius 1 is 1.55 bits per heavy atom. The second kappa shape index (κ2) is 7.24. The molecule has 0 rings (SSSR count). The van der Waals surface area contributed by atoms with Crippen LogP contribution in [0.25, 0.3) is 0 Å². The molecule has 0 aromatic rings. The van der Waals surface area contributed by atoms with Gasteiger partial charge in [-0.15, -0.1) is 0 Å². The van der Waals surface area contributed by atoms with Crippen molar-refractivity contribution >= 4 is 5.97 Å². The van der Waals surface area contributed by atoms with Crippen molar-refractivity contribution in [2.45, 2.75) is 19.8 Å². The summed E-state index contributed by atoms with van der Waals surface area (Å²) in [5.74, 6) is -0.891. The molecule has 0 saturated heterocycles. The molecule has 0 aromatic heterocycles. The summed E-state index contributed by atoms with van der Waals surface area (Å²) in [6.07, 6.45) is 2.87. The summed E-state index contributed by atoms with van der Waals surface area (Å²) in [5, 5.41) is 16.7. The number of carboxylic acids is 1. The molecule has 0 spiro atoms. The van der Waals surface area contributed by atoms with E-state index in [1.165, 1.54) is 0 Å². The Bertz CT molecular complexity index is 139. The Labute approximate surface area is 65.5 Å². The highest BCUT2D eigenvalue weighted by Gasteiger charge is 1.96. The number of aliphatic hydroxyl groups is 1. The van der Waals surface area contributed by atoms with Crippen molar-refractivity contribution in [2.24, 2.45) is 0 Å². The first kappa shape index (κ1) is 12.8. The van der Waals surface area contributed by atoms with Gasteiger partial charge >= 0.3 is 5.97 Å². The van der Waals surface area contributed by atoms with Crippen molar-refractivity contribution in [2.75, 3.05) is 6.61 Å². The Morgan fingerprint density at radius 2 is 2.09 bits per heavy atom. The van der Waals surface area contributed by atoms with E-state index in [-0.39, 0.29) is 12.1 Å². The molecule has 0 unspecified atom stereocenters. The minimum absolute atomic E-state index is 0. The molecule has 0 aliphatic heterocycles. The second-order valence-electron chi connectivity index (χ2n) is 2.06. The summed E-state index contributed by atoms with van der Waals surface area (Å²) >= 11 is 0. The van der Waals surface area contributed by atoms with Gasteiger partial charge in [0.2, 0.25) is 0 Å². The highest BCUT2D eigenvalue weighted by atomic mass is 16.4. The molecule has 66 valence electrons. The lowest BCUT2D eigenvalue weighted by Crippen LogP contribution is -1.95. The molecule has 0 radical (unpaired) electrons. The molecule has 0 atom stereocenters. The number of carbonyl (C=O) groups is 1. The third kappa shape index (κ3) is 7.02. The third-order valence-corrected chi connectivity index (χ3v) is 1.15. The SMILES string of the molecule is CC(=CCCCO)C(=O)O.O.